The number of hydrogen-bond donors (Lipinski definition) is 4. The molecule has 0 radical (unpaired) electrons. The molecule has 1 aromatic carbocycles. The van der Waals surface area contributed by atoms with Gasteiger partial charge in [0.25, 0.3) is 5.91 Å². The van der Waals surface area contributed by atoms with Gasteiger partial charge in [-0.1, -0.05) is 6.07 Å². The first kappa shape index (κ1) is 10.4. The van der Waals surface area contributed by atoms with Crippen LogP contribution in [0, 0.1) is 0 Å². The van der Waals surface area contributed by atoms with E-state index in [0.29, 0.717) is 11.3 Å². The number of rotatable bonds is 2. The van der Waals surface area contributed by atoms with E-state index in [4.69, 9.17) is 11.6 Å². The lowest BCUT2D eigenvalue weighted by molar-refractivity contribution is 0.0953. The number of carbonyl (C=O) groups excluding carboxylic acids is 1. The first-order chi connectivity index (χ1) is 6.63. The van der Waals surface area contributed by atoms with Crippen LogP contribution < -0.4 is 22.3 Å². The molecule has 0 aromatic heterocycles. The van der Waals surface area contributed by atoms with Gasteiger partial charge in [0.05, 0.1) is 0 Å². The van der Waals surface area contributed by atoms with E-state index in [1.54, 1.807) is 24.3 Å². The summed E-state index contributed by atoms with van der Waals surface area (Å²) in [7, 11) is 0. The quantitative estimate of drug-likeness (QED) is 0.237. The van der Waals surface area contributed by atoms with Gasteiger partial charge >= 0.3 is 0 Å². The maximum Gasteiger partial charge on any atom is 0.265 e. The molecule has 6 heteroatoms. The Morgan fingerprint density at radius 3 is 2.71 bits per heavy atom. The van der Waals surface area contributed by atoms with Crippen LogP contribution >= 0.6 is 12.2 Å². The van der Waals surface area contributed by atoms with Gasteiger partial charge < -0.3 is 11.1 Å². The molecule has 0 heterocycles. The van der Waals surface area contributed by atoms with Crippen LogP contribution in [0.2, 0.25) is 0 Å². The van der Waals surface area contributed by atoms with E-state index in [2.05, 4.69) is 17.5 Å². The van der Waals surface area contributed by atoms with Crippen LogP contribution in [0.1, 0.15) is 10.4 Å². The fourth-order valence-corrected chi connectivity index (χ4v) is 1.08. The average Bonchev–Trinajstić information content (AvgIpc) is 2.16. The molecular formula is C8H10N4OS. The van der Waals surface area contributed by atoms with E-state index in [-0.39, 0.29) is 11.0 Å². The maximum absolute atomic E-state index is 11.1. The molecule has 0 unspecified atom stereocenters. The molecule has 0 aliphatic heterocycles. The molecule has 0 aliphatic carbocycles. The van der Waals surface area contributed by atoms with Crippen molar-refractivity contribution in [2.75, 3.05) is 5.32 Å². The van der Waals surface area contributed by atoms with E-state index in [0.717, 1.165) is 0 Å². The number of hydrazine groups is 1. The van der Waals surface area contributed by atoms with Crippen molar-refractivity contribution in [1.82, 2.24) is 5.43 Å². The van der Waals surface area contributed by atoms with Crippen molar-refractivity contribution < 1.29 is 4.79 Å². The van der Waals surface area contributed by atoms with Crippen molar-refractivity contribution in [3.63, 3.8) is 0 Å². The molecule has 1 aromatic rings. The number of nitrogens with two attached hydrogens (primary N) is 2. The van der Waals surface area contributed by atoms with Crippen LogP contribution in [-0.2, 0) is 0 Å². The average molecular weight is 210 g/mol. The number of hydrogen-bond acceptors (Lipinski definition) is 3. The normalized spacial score (nSPS) is 9.21. The van der Waals surface area contributed by atoms with Crippen LogP contribution in [0.4, 0.5) is 5.69 Å². The molecule has 1 rings (SSSR count). The van der Waals surface area contributed by atoms with Gasteiger partial charge in [0.2, 0.25) is 0 Å². The van der Waals surface area contributed by atoms with E-state index in [1.165, 1.54) is 0 Å². The number of amides is 1. The van der Waals surface area contributed by atoms with Crippen molar-refractivity contribution in [2.24, 2.45) is 11.6 Å². The highest BCUT2D eigenvalue weighted by Crippen LogP contribution is 2.09. The smallest absolute Gasteiger partial charge is 0.265 e. The molecule has 1 amide bonds. The van der Waals surface area contributed by atoms with Gasteiger partial charge in [-0.15, -0.1) is 0 Å². The predicted octanol–water partition coefficient (Wildman–Crippen LogP) is -0.0544. The minimum atomic E-state index is -0.364. The molecule has 5 nitrogen and oxygen atoms in total. The Morgan fingerprint density at radius 1 is 1.43 bits per heavy atom. The van der Waals surface area contributed by atoms with Crippen LogP contribution in [-0.4, -0.2) is 11.0 Å². The monoisotopic (exact) mass is 210 g/mol. The molecule has 0 spiro atoms. The Hall–Kier alpha value is -1.66. The SMILES string of the molecule is NNC(=O)c1cccc(NC(N)=S)c1. The molecule has 74 valence electrons. The van der Waals surface area contributed by atoms with Gasteiger partial charge in [-0.25, -0.2) is 5.84 Å². The fourth-order valence-electron chi connectivity index (χ4n) is 0.964. The van der Waals surface area contributed by atoms with Gasteiger partial charge in [0.1, 0.15) is 0 Å². The van der Waals surface area contributed by atoms with Crippen molar-refractivity contribution in [3.05, 3.63) is 29.8 Å². The van der Waals surface area contributed by atoms with Crippen LogP contribution in [0.5, 0.6) is 0 Å². The molecule has 6 N–H and O–H groups in total. The summed E-state index contributed by atoms with van der Waals surface area (Å²) in [4.78, 5) is 11.1. The third kappa shape index (κ3) is 2.68. The summed E-state index contributed by atoms with van der Waals surface area (Å²) in [6.07, 6.45) is 0. The minimum Gasteiger partial charge on any atom is -0.376 e. The summed E-state index contributed by atoms with van der Waals surface area (Å²) in [5.41, 5.74) is 8.40. The first-order valence-corrected chi connectivity index (χ1v) is 4.22. The summed E-state index contributed by atoms with van der Waals surface area (Å²) in [6.45, 7) is 0. The molecular weight excluding hydrogens is 200 g/mol. The van der Waals surface area contributed by atoms with Gasteiger partial charge in [-0.2, -0.15) is 0 Å². The Morgan fingerprint density at radius 2 is 2.14 bits per heavy atom. The summed E-state index contributed by atoms with van der Waals surface area (Å²) in [6, 6.07) is 6.67. The summed E-state index contributed by atoms with van der Waals surface area (Å²) in [5.74, 6) is 4.62. The maximum atomic E-state index is 11.1. The Labute approximate surface area is 86.4 Å². The van der Waals surface area contributed by atoms with Gasteiger partial charge in [-0.05, 0) is 30.4 Å². The molecule has 0 aliphatic rings. The number of nitrogen functional groups attached to an aromatic ring is 1. The highest BCUT2D eigenvalue weighted by molar-refractivity contribution is 7.80. The van der Waals surface area contributed by atoms with E-state index < -0.39 is 0 Å². The molecule has 0 saturated heterocycles. The lowest BCUT2D eigenvalue weighted by Gasteiger charge is -2.05. The molecule has 0 atom stereocenters. The Balaban J connectivity index is 2.89. The second kappa shape index (κ2) is 4.54. The largest absolute Gasteiger partial charge is 0.376 e. The van der Waals surface area contributed by atoms with Gasteiger partial charge in [0, 0.05) is 11.3 Å². The standard InChI is InChI=1S/C8H10N4OS/c9-8(14)11-6-3-1-2-5(4-6)7(13)12-10/h1-4H,10H2,(H,12,13)(H3,9,11,14). The lowest BCUT2D eigenvalue weighted by atomic mass is 10.2. The highest BCUT2D eigenvalue weighted by Gasteiger charge is 2.03. The van der Waals surface area contributed by atoms with Gasteiger partial charge in [-0.3, -0.25) is 10.2 Å². The number of nitrogens with one attached hydrogen (secondary N) is 2. The molecule has 0 saturated carbocycles. The fraction of sp³-hybridized carbons (Fsp3) is 0. The zero-order chi connectivity index (χ0) is 10.6. The van der Waals surface area contributed by atoms with E-state index in [1.807, 2.05) is 5.43 Å². The Kier molecular flexibility index (Phi) is 3.38. The van der Waals surface area contributed by atoms with Crippen molar-refractivity contribution >= 4 is 28.9 Å². The zero-order valence-electron chi connectivity index (χ0n) is 7.28. The number of carbonyl (C=O) groups is 1. The molecule has 14 heavy (non-hydrogen) atoms. The molecule has 0 bridgehead atoms. The lowest BCUT2D eigenvalue weighted by Crippen LogP contribution is -2.30. The second-order valence-corrected chi connectivity index (χ2v) is 2.98. The summed E-state index contributed by atoms with van der Waals surface area (Å²) >= 11 is 4.66. The van der Waals surface area contributed by atoms with Crippen LogP contribution in [0.3, 0.4) is 0 Å². The van der Waals surface area contributed by atoms with Gasteiger partial charge in [0.15, 0.2) is 5.11 Å². The van der Waals surface area contributed by atoms with Crippen molar-refractivity contribution in [1.29, 1.82) is 0 Å². The molecule has 0 fully saturated rings. The number of anilines is 1. The topological polar surface area (TPSA) is 93.2 Å². The Bertz CT molecular complexity index is 366. The summed E-state index contributed by atoms with van der Waals surface area (Å²) in [5, 5.41) is 2.86. The van der Waals surface area contributed by atoms with Crippen molar-refractivity contribution in [3.8, 4) is 0 Å². The third-order valence-electron chi connectivity index (χ3n) is 1.52. The number of benzene rings is 1. The minimum absolute atomic E-state index is 0.148. The van der Waals surface area contributed by atoms with Crippen LogP contribution in [0.15, 0.2) is 24.3 Å². The predicted molar refractivity (Wildman–Crippen MR) is 58.5 cm³/mol. The van der Waals surface area contributed by atoms with Crippen molar-refractivity contribution in [2.45, 2.75) is 0 Å². The second-order valence-electron chi connectivity index (χ2n) is 2.54. The third-order valence-corrected chi connectivity index (χ3v) is 1.63. The number of thiocarbonyl (C=S) groups is 1. The summed E-state index contributed by atoms with van der Waals surface area (Å²) < 4.78 is 0. The van der Waals surface area contributed by atoms with Crippen LogP contribution in [0.25, 0.3) is 0 Å². The highest BCUT2D eigenvalue weighted by atomic mass is 32.1. The van der Waals surface area contributed by atoms with E-state index in [9.17, 15) is 4.79 Å². The van der Waals surface area contributed by atoms with E-state index >= 15 is 0 Å². The zero-order valence-corrected chi connectivity index (χ0v) is 8.10. The first-order valence-electron chi connectivity index (χ1n) is 3.81.